The van der Waals surface area contributed by atoms with Crippen LogP contribution in [0.2, 0.25) is 0 Å². The highest BCUT2D eigenvalue weighted by molar-refractivity contribution is 5.85. The number of piperazine rings is 1. The molecule has 0 amide bonds. The summed E-state index contributed by atoms with van der Waals surface area (Å²) >= 11 is 0. The molecule has 0 aliphatic carbocycles. The van der Waals surface area contributed by atoms with Gasteiger partial charge in [-0.2, -0.15) is 0 Å². The monoisotopic (exact) mass is 470 g/mol. The highest BCUT2D eigenvalue weighted by Crippen LogP contribution is 2.22. The Balaban J connectivity index is 1.66. The smallest absolute Gasteiger partial charge is 0.332 e. The zero-order chi connectivity index (χ0) is 24.8. The molecular formula is C24H31FN6O3. The zero-order valence-corrected chi connectivity index (χ0v) is 20.3. The standard InChI is InChI=1S/C24H31FN6O3/c1-24(2,3)18(32)14-31-19(26-21-20(31)22(33)28(5)23(34)27(21)4)15-29-10-12-30(13-11-29)17-9-7-6-8-16(17)25/h6-9H,10-15H2,1-5H3. The Hall–Kier alpha value is -3.27. The van der Waals surface area contributed by atoms with Gasteiger partial charge in [-0.05, 0) is 12.1 Å². The van der Waals surface area contributed by atoms with Gasteiger partial charge in [0.2, 0.25) is 0 Å². The lowest BCUT2D eigenvalue weighted by molar-refractivity contribution is -0.126. The van der Waals surface area contributed by atoms with Gasteiger partial charge in [-0.15, -0.1) is 0 Å². The van der Waals surface area contributed by atoms with Gasteiger partial charge in [-0.1, -0.05) is 32.9 Å². The summed E-state index contributed by atoms with van der Waals surface area (Å²) in [6, 6.07) is 6.74. The number of rotatable bonds is 5. The van der Waals surface area contributed by atoms with Crippen LogP contribution in [0.25, 0.3) is 11.2 Å². The number of Topliss-reactive ketones (excluding diaryl/α,β-unsaturated/α-hetero) is 1. The number of hydrogen-bond donors (Lipinski definition) is 0. The van der Waals surface area contributed by atoms with Gasteiger partial charge in [0.25, 0.3) is 5.56 Å². The van der Waals surface area contributed by atoms with E-state index in [1.54, 1.807) is 23.7 Å². The molecule has 10 heteroatoms. The summed E-state index contributed by atoms with van der Waals surface area (Å²) in [5, 5.41) is 0. The molecule has 0 spiro atoms. The number of para-hydroxylation sites is 1. The number of halogens is 1. The number of aromatic nitrogens is 4. The Bertz CT molecular complexity index is 1360. The largest absolute Gasteiger partial charge is 0.367 e. The molecule has 0 radical (unpaired) electrons. The van der Waals surface area contributed by atoms with E-state index in [1.807, 2.05) is 31.7 Å². The number of ketones is 1. The summed E-state index contributed by atoms with van der Waals surface area (Å²) in [6.07, 6.45) is 0. The molecule has 1 fully saturated rings. The van der Waals surface area contributed by atoms with E-state index in [0.717, 1.165) is 4.57 Å². The number of carbonyl (C=O) groups excluding carboxylic acids is 1. The lowest BCUT2D eigenvalue weighted by atomic mass is 9.91. The average molecular weight is 471 g/mol. The number of hydrogen-bond acceptors (Lipinski definition) is 6. The molecule has 34 heavy (non-hydrogen) atoms. The highest BCUT2D eigenvalue weighted by atomic mass is 19.1. The first-order valence-corrected chi connectivity index (χ1v) is 11.4. The van der Waals surface area contributed by atoms with E-state index >= 15 is 0 Å². The van der Waals surface area contributed by atoms with E-state index in [0.29, 0.717) is 44.2 Å². The molecule has 3 aromatic rings. The minimum Gasteiger partial charge on any atom is -0.367 e. The second-order valence-electron chi connectivity index (χ2n) is 9.88. The quantitative estimate of drug-likeness (QED) is 0.562. The Morgan fingerprint density at radius 3 is 2.29 bits per heavy atom. The molecule has 1 aromatic carbocycles. The van der Waals surface area contributed by atoms with Crippen LogP contribution in [0.3, 0.4) is 0 Å². The van der Waals surface area contributed by atoms with Crippen LogP contribution in [0.1, 0.15) is 26.6 Å². The Labute approximate surface area is 197 Å². The summed E-state index contributed by atoms with van der Waals surface area (Å²) in [7, 11) is 3.00. The second kappa shape index (κ2) is 8.83. The molecule has 0 atom stereocenters. The number of fused-ring (bicyclic) bond motifs is 1. The van der Waals surface area contributed by atoms with Gasteiger partial charge in [0.05, 0.1) is 18.8 Å². The SMILES string of the molecule is Cn1c(=O)c2c(nc(CN3CCN(c4ccccc4F)CC3)n2CC(=O)C(C)(C)C)n(C)c1=O. The molecule has 1 saturated heterocycles. The molecule has 0 saturated carbocycles. The van der Waals surface area contributed by atoms with Gasteiger partial charge in [0.15, 0.2) is 16.9 Å². The van der Waals surface area contributed by atoms with Crippen molar-refractivity contribution in [3.63, 3.8) is 0 Å². The molecule has 182 valence electrons. The van der Waals surface area contributed by atoms with Crippen molar-refractivity contribution in [3.05, 3.63) is 56.7 Å². The number of carbonyl (C=O) groups is 1. The van der Waals surface area contributed by atoms with Crippen molar-refractivity contribution in [2.75, 3.05) is 31.1 Å². The Kier molecular flexibility index (Phi) is 6.20. The van der Waals surface area contributed by atoms with Gasteiger partial charge in [0, 0.05) is 45.7 Å². The molecule has 1 aliphatic rings. The Morgan fingerprint density at radius 2 is 1.68 bits per heavy atom. The maximum Gasteiger partial charge on any atom is 0.332 e. The Morgan fingerprint density at radius 1 is 1.03 bits per heavy atom. The van der Waals surface area contributed by atoms with Crippen molar-refractivity contribution >= 4 is 22.6 Å². The fourth-order valence-electron chi connectivity index (χ4n) is 4.22. The van der Waals surface area contributed by atoms with Crippen molar-refractivity contribution in [3.8, 4) is 0 Å². The normalized spacial score (nSPS) is 15.3. The van der Waals surface area contributed by atoms with Crippen molar-refractivity contribution in [2.24, 2.45) is 19.5 Å². The number of nitrogens with zero attached hydrogens (tertiary/aromatic N) is 6. The van der Waals surface area contributed by atoms with Gasteiger partial charge in [0.1, 0.15) is 11.6 Å². The fraction of sp³-hybridized carbons (Fsp3) is 0.500. The second-order valence-corrected chi connectivity index (χ2v) is 9.88. The predicted molar refractivity (Wildman–Crippen MR) is 129 cm³/mol. The van der Waals surface area contributed by atoms with Crippen molar-refractivity contribution in [1.29, 1.82) is 0 Å². The van der Waals surface area contributed by atoms with Gasteiger partial charge >= 0.3 is 5.69 Å². The summed E-state index contributed by atoms with van der Waals surface area (Å²) in [4.78, 5) is 47.2. The van der Waals surface area contributed by atoms with Crippen molar-refractivity contribution < 1.29 is 9.18 Å². The molecule has 0 N–H and O–H groups in total. The van der Waals surface area contributed by atoms with Crippen molar-refractivity contribution in [1.82, 2.24) is 23.6 Å². The summed E-state index contributed by atoms with van der Waals surface area (Å²) < 4.78 is 18.2. The third kappa shape index (κ3) is 4.29. The first kappa shape index (κ1) is 23.9. The zero-order valence-electron chi connectivity index (χ0n) is 20.3. The number of benzene rings is 1. The first-order valence-electron chi connectivity index (χ1n) is 11.4. The molecular weight excluding hydrogens is 439 g/mol. The molecule has 0 unspecified atom stereocenters. The molecule has 9 nitrogen and oxygen atoms in total. The van der Waals surface area contributed by atoms with E-state index in [-0.39, 0.29) is 29.3 Å². The maximum absolute atomic E-state index is 14.2. The molecule has 2 aromatic heterocycles. The van der Waals surface area contributed by atoms with Gasteiger partial charge in [-0.3, -0.25) is 23.6 Å². The third-order valence-electron chi connectivity index (χ3n) is 6.50. The molecule has 3 heterocycles. The van der Waals surface area contributed by atoms with Crippen LogP contribution in [-0.2, 0) is 32.0 Å². The van der Waals surface area contributed by atoms with Crippen LogP contribution in [0.4, 0.5) is 10.1 Å². The topological polar surface area (TPSA) is 85.4 Å². The van der Waals surface area contributed by atoms with Crippen LogP contribution in [0, 0.1) is 11.2 Å². The minimum atomic E-state index is -0.592. The molecule has 1 aliphatic heterocycles. The van der Waals surface area contributed by atoms with Crippen LogP contribution in [0.15, 0.2) is 33.9 Å². The van der Waals surface area contributed by atoms with Gasteiger partial charge < -0.3 is 9.47 Å². The van der Waals surface area contributed by atoms with E-state index in [4.69, 9.17) is 0 Å². The van der Waals surface area contributed by atoms with Crippen LogP contribution in [0.5, 0.6) is 0 Å². The van der Waals surface area contributed by atoms with E-state index < -0.39 is 16.7 Å². The van der Waals surface area contributed by atoms with E-state index in [9.17, 15) is 18.8 Å². The van der Waals surface area contributed by atoms with E-state index in [2.05, 4.69) is 9.88 Å². The van der Waals surface area contributed by atoms with Crippen LogP contribution < -0.4 is 16.1 Å². The summed E-state index contributed by atoms with van der Waals surface area (Å²) in [6.45, 7) is 8.54. The minimum absolute atomic E-state index is 0.00202. The summed E-state index contributed by atoms with van der Waals surface area (Å²) in [5.41, 5.74) is -0.413. The van der Waals surface area contributed by atoms with Gasteiger partial charge in [-0.25, -0.2) is 14.2 Å². The lowest BCUT2D eigenvalue weighted by Gasteiger charge is -2.36. The van der Waals surface area contributed by atoms with Crippen molar-refractivity contribution in [2.45, 2.75) is 33.9 Å². The van der Waals surface area contributed by atoms with Crippen LogP contribution in [-0.4, -0.2) is 55.5 Å². The third-order valence-corrected chi connectivity index (χ3v) is 6.50. The fourth-order valence-corrected chi connectivity index (χ4v) is 4.22. The average Bonchev–Trinajstić information content (AvgIpc) is 3.14. The number of aryl methyl sites for hydroxylation is 1. The molecule has 4 rings (SSSR count). The summed E-state index contributed by atoms with van der Waals surface area (Å²) in [5.74, 6) is 0.286. The highest BCUT2D eigenvalue weighted by Gasteiger charge is 2.28. The molecule has 0 bridgehead atoms. The first-order chi connectivity index (χ1) is 16.0. The maximum atomic E-state index is 14.2. The number of imidazole rings is 1. The van der Waals surface area contributed by atoms with E-state index in [1.165, 1.54) is 17.7 Å². The lowest BCUT2D eigenvalue weighted by Crippen LogP contribution is -2.46. The predicted octanol–water partition coefficient (Wildman–Crippen LogP) is 1.51. The van der Waals surface area contributed by atoms with Crippen LogP contribution >= 0.6 is 0 Å². The number of anilines is 1.